The Labute approximate surface area is 170 Å². The lowest BCUT2D eigenvalue weighted by Gasteiger charge is -2.16. The molecular weight excluding hydrogens is 407 g/mol. The van der Waals surface area contributed by atoms with E-state index in [1.165, 1.54) is 0 Å². The van der Waals surface area contributed by atoms with Gasteiger partial charge in [-0.25, -0.2) is 9.50 Å². The van der Waals surface area contributed by atoms with Gasteiger partial charge in [0.25, 0.3) is 11.6 Å². The van der Waals surface area contributed by atoms with Gasteiger partial charge in [-0.15, -0.1) is 5.10 Å². The highest BCUT2D eigenvalue weighted by atomic mass is 35.5. The van der Waals surface area contributed by atoms with Crippen LogP contribution in [0.1, 0.15) is 35.3 Å². The third kappa shape index (κ3) is 4.67. The van der Waals surface area contributed by atoms with Crippen LogP contribution < -0.4 is 5.32 Å². The zero-order valence-corrected chi connectivity index (χ0v) is 16.8. The SMILES string of the molecule is Cc1nc2nc(C(F)(F)F)nn2c(C)c1CC(=O)N[C@H](C)Cc1ccccc1Cl. The van der Waals surface area contributed by atoms with E-state index in [0.717, 1.165) is 10.1 Å². The smallest absolute Gasteiger partial charge is 0.353 e. The summed E-state index contributed by atoms with van der Waals surface area (Å²) in [6.07, 6.45) is -4.15. The van der Waals surface area contributed by atoms with Gasteiger partial charge in [0.1, 0.15) is 0 Å². The van der Waals surface area contributed by atoms with Gasteiger partial charge in [-0.05, 0) is 38.8 Å². The summed E-state index contributed by atoms with van der Waals surface area (Å²) < 4.78 is 39.7. The molecule has 29 heavy (non-hydrogen) atoms. The van der Waals surface area contributed by atoms with Crippen LogP contribution in [0, 0.1) is 13.8 Å². The number of benzene rings is 1. The van der Waals surface area contributed by atoms with E-state index in [4.69, 9.17) is 11.6 Å². The summed E-state index contributed by atoms with van der Waals surface area (Å²) in [7, 11) is 0. The van der Waals surface area contributed by atoms with Crippen molar-refractivity contribution < 1.29 is 18.0 Å². The number of amides is 1. The molecule has 0 unspecified atom stereocenters. The highest BCUT2D eigenvalue weighted by Crippen LogP contribution is 2.27. The lowest BCUT2D eigenvalue weighted by molar-refractivity contribution is -0.144. The van der Waals surface area contributed by atoms with Crippen LogP contribution in [0.15, 0.2) is 24.3 Å². The Hall–Kier alpha value is -2.68. The van der Waals surface area contributed by atoms with Gasteiger partial charge in [-0.1, -0.05) is 29.8 Å². The number of aryl methyl sites for hydroxylation is 2. The van der Waals surface area contributed by atoms with E-state index in [1.807, 2.05) is 25.1 Å². The zero-order chi connectivity index (χ0) is 21.3. The fourth-order valence-corrected chi connectivity index (χ4v) is 3.33. The summed E-state index contributed by atoms with van der Waals surface area (Å²) in [5.74, 6) is -1.68. The number of carbonyl (C=O) groups excluding carboxylic acids is 1. The Morgan fingerprint density at radius 2 is 1.93 bits per heavy atom. The van der Waals surface area contributed by atoms with Gasteiger partial charge in [-0.3, -0.25) is 4.79 Å². The fourth-order valence-electron chi connectivity index (χ4n) is 3.12. The Balaban J connectivity index is 1.76. The van der Waals surface area contributed by atoms with E-state index >= 15 is 0 Å². The normalized spacial score (nSPS) is 12.9. The summed E-state index contributed by atoms with van der Waals surface area (Å²) in [4.78, 5) is 20.0. The van der Waals surface area contributed by atoms with E-state index in [9.17, 15) is 18.0 Å². The molecule has 0 saturated carbocycles. The molecule has 0 saturated heterocycles. The molecule has 0 bridgehead atoms. The maximum Gasteiger partial charge on any atom is 0.453 e. The second-order valence-electron chi connectivity index (χ2n) is 6.85. The van der Waals surface area contributed by atoms with Crippen LogP contribution in [0.5, 0.6) is 0 Å². The predicted molar refractivity (Wildman–Crippen MR) is 102 cm³/mol. The molecule has 154 valence electrons. The van der Waals surface area contributed by atoms with Crippen LogP contribution in [-0.4, -0.2) is 31.5 Å². The molecule has 0 aliphatic heterocycles. The molecule has 0 aliphatic carbocycles. The number of hydrogen-bond donors (Lipinski definition) is 1. The number of aromatic nitrogens is 4. The first-order valence-corrected chi connectivity index (χ1v) is 9.27. The number of halogens is 4. The minimum absolute atomic E-state index is 0.0331. The Morgan fingerprint density at radius 3 is 2.59 bits per heavy atom. The van der Waals surface area contributed by atoms with Crippen molar-refractivity contribution in [1.29, 1.82) is 0 Å². The molecule has 3 rings (SSSR count). The van der Waals surface area contributed by atoms with Gasteiger partial charge < -0.3 is 5.32 Å². The van der Waals surface area contributed by atoms with Gasteiger partial charge in [0.2, 0.25) is 5.91 Å². The second-order valence-corrected chi connectivity index (χ2v) is 7.25. The number of rotatable bonds is 5. The summed E-state index contributed by atoms with van der Waals surface area (Å²) in [5, 5.41) is 7.00. The number of carbonyl (C=O) groups is 1. The molecule has 1 amide bonds. The van der Waals surface area contributed by atoms with Crippen LogP contribution in [0.2, 0.25) is 5.02 Å². The lowest BCUT2D eigenvalue weighted by atomic mass is 10.1. The third-order valence-electron chi connectivity index (χ3n) is 4.53. The molecule has 6 nitrogen and oxygen atoms in total. The topological polar surface area (TPSA) is 72.2 Å². The highest BCUT2D eigenvalue weighted by molar-refractivity contribution is 6.31. The van der Waals surface area contributed by atoms with Crippen LogP contribution in [0.25, 0.3) is 5.78 Å². The molecule has 1 aromatic carbocycles. The second kappa shape index (κ2) is 7.98. The van der Waals surface area contributed by atoms with Gasteiger partial charge >= 0.3 is 6.18 Å². The number of hydrogen-bond acceptors (Lipinski definition) is 4. The molecule has 1 atom stereocenters. The molecule has 0 radical (unpaired) electrons. The fraction of sp³-hybridized carbons (Fsp3) is 0.368. The van der Waals surface area contributed by atoms with Crippen molar-refractivity contribution in [2.45, 2.75) is 45.8 Å². The summed E-state index contributed by atoms with van der Waals surface area (Å²) in [6.45, 7) is 5.08. The molecule has 2 heterocycles. The van der Waals surface area contributed by atoms with E-state index in [-0.39, 0.29) is 24.1 Å². The lowest BCUT2D eigenvalue weighted by Crippen LogP contribution is -2.35. The average molecular weight is 426 g/mol. The first kappa shape index (κ1) is 21.0. The van der Waals surface area contributed by atoms with Crippen molar-refractivity contribution in [2.24, 2.45) is 0 Å². The number of fused-ring (bicyclic) bond motifs is 1. The van der Waals surface area contributed by atoms with E-state index in [1.54, 1.807) is 19.9 Å². The molecule has 2 aromatic heterocycles. The van der Waals surface area contributed by atoms with Gasteiger partial charge in [0, 0.05) is 28.0 Å². The number of nitrogens with one attached hydrogen (secondary N) is 1. The van der Waals surface area contributed by atoms with Crippen molar-refractivity contribution in [3.63, 3.8) is 0 Å². The van der Waals surface area contributed by atoms with Crippen molar-refractivity contribution in [3.8, 4) is 0 Å². The zero-order valence-electron chi connectivity index (χ0n) is 16.0. The molecular formula is C19H19ClF3N5O. The Morgan fingerprint density at radius 1 is 1.24 bits per heavy atom. The van der Waals surface area contributed by atoms with E-state index < -0.39 is 12.0 Å². The first-order chi connectivity index (χ1) is 13.6. The van der Waals surface area contributed by atoms with Gasteiger partial charge in [0.05, 0.1) is 6.42 Å². The Bertz CT molecular complexity index is 1060. The standard InChI is InChI=1S/C19H19ClF3N5O/c1-10(8-13-6-4-5-7-15(13)20)24-16(29)9-14-11(2)25-18-26-17(19(21,22)23)27-28(18)12(14)3/h4-7,10H,8-9H2,1-3H3,(H,24,29)/t10-/m1/s1. The maximum atomic E-state index is 12.9. The van der Waals surface area contributed by atoms with Crippen molar-refractivity contribution in [3.05, 3.63) is 57.6 Å². The molecule has 0 fully saturated rings. The Kier molecular flexibility index (Phi) is 5.79. The molecule has 10 heteroatoms. The van der Waals surface area contributed by atoms with Crippen LogP contribution in [-0.2, 0) is 23.8 Å². The van der Waals surface area contributed by atoms with Crippen molar-refractivity contribution in [1.82, 2.24) is 24.9 Å². The first-order valence-electron chi connectivity index (χ1n) is 8.89. The van der Waals surface area contributed by atoms with Gasteiger partial charge in [-0.2, -0.15) is 18.2 Å². The minimum Gasteiger partial charge on any atom is -0.353 e. The summed E-state index contributed by atoms with van der Waals surface area (Å²) in [5.41, 5.74) is 2.26. The molecule has 3 aromatic rings. The van der Waals surface area contributed by atoms with Crippen LogP contribution >= 0.6 is 11.6 Å². The molecule has 0 aliphatic rings. The van der Waals surface area contributed by atoms with Crippen molar-refractivity contribution in [2.75, 3.05) is 0 Å². The van der Waals surface area contributed by atoms with Crippen molar-refractivity contribution >= 4 is 23.3 Å². The largest absolute Gasteiger partial charge is 0.453 e. The monoisotopic (exact) mass is 425 g/mol. The van der Waals surface area contributed by atoms with Crippen LogP contribution in [0.3, 0.4) is 0 Å². The summed E-state index contributed by atoms with van der Waals surface area (Å²) >= 11 is 6.15. The van der Waals surface area contributed by atoms with E-state index in [0.29, 0.717) is 28.4 Å². The van der Waals surface area contributed by atoms with Gasteiger partial charge in [0.15, 0.2) is 0 Å². The predicted octanol–water partition coefficient (Wildman–Crippen LogP) is 3.70. The summed E-state index contributed by atoms with van der Waals surface area (Å²) in [6, 6.07) is 7.20. The average Bonchev–Trinajstić information content (AvgIpc) is 3.05. The van der Waals surface area contributed by atoms with Crippen LogP contribution in [0.4, 0.5) is 13.2 Å². The number of alkyl halides is 3. The van der Waals surface area contributed by atoms with E-state index in [2.05, 4.69) is 20.4 Å². The quantitative estimate of drug-likeness (QED) is 0.676. The molecule has 1 N–H and O–H groups in total. The minimum atomic E-state index is -4.67. The maximum absolute atomic E-state index is 12.9. The third-order valence-corrected chi connectivity index (χ3v) is 4.90. The molecule has 0 spiro atoms. The highest BCUT2D eigenvalue weighted by Gasteiger charge is 2.37. The number of nitrogens with zero attached hydrogens (tertiary/aromatic N) is 4.